The van der Waals surface area contributed by atoms with Crippen LogP contribution in [0.1, 0.15) is 59.5 Å². The summed E-state index contributed by atoms with van der Waals surface area (Å²) in [6.07, 6.45) is 3.61. The number of methoxy groups -OCH3 is 1. The third-order valence-corrected chi connectivity index (χ3v) is 7.95. The van der Waals surface area contributed by atoms with Gasteiger partial charge in [-0.05, 0) is 61.2 Å². The van der Waals surface area contributed by atoms with Crippen LogP contribution in [-0.2, 0) is 20.7 Å². The fourth-order valence-electron chi connectivity index (χ4n) is 5.27. The molecule has 2 bridgehead atoms. The molecule has 0 fully saturated rings. The first-order chi connectivity index (χ1) is 21.2. The summed E-state index contributed by atoms with van der Waals surface area (Å²) >= 11 is 5.95. The number of ketones is 1. The fourth-order valence-corrected chi connectivity index (χ4v) is 5.44. The van der Waals surface area contributed by atoms with Crippen molar-refractivity contribution in [3.05, 3.63) is 88.1 Å². The molecule has 2 aromatic carbocycles. The maximum absolute atomic E-state index is 14.7. The van der Waals surface area contributed by atoms with Gasteiger partial charge in [0, 0.05) is 31.2 Å². The van der Waals surface area contributed by atoms with E-state index in [4.69, 9.17) is 16.3 Å². The lowest BCUT2D eigenvalue weighted by molar-refractivity contribution is -0.122. The van der Waals surface area contributed by atoms with E-state index in [1.807, 2.05) is 31.2 Å². The summed E-state index contributed by atoms with van der Waals surface area (Å²) < 4.78 is 20.9. The van der Waals surface area contributed by atoms with Gasteiger partial charge in [0.1, 0.15) is 12.3 Å². The number of rotatable bonds is 7. The van der Waals surface area contributed by atoms with Crippen molar-refractivity contribution in [1.29, 1.82) is 0 Å². The summed E-state index contributed by atoms with van der Waals surface area (Å²) in [6.45, 7) is 3.49. The van der Waals surface area contributed by atoms with Crippen LogP contribution < -0.4 is 10.6 Å². The molecule has 1 aliphatic rings. The summed E-state index contributed by atoms with van der Waals surface area (Å²) in [4.78, 5) is 43.4. The number of ether oxygens (including phenoxy) is 1. The molecular formula is C32H32ClFN6O4. The second-order valence-electron chi connectivity index (χ2n) is 10.9. The maximum Gasteiger partial charge on any atom is 0.274 e. The minimum Gasteiger partial charge on any atom is -0.377 e. The Balaban J connectivity index is 1.47. The van der Waals surface area contributed by atoms with Gasteiger partial charge in [-0.2, -0.15) is 0 Å². The molecule has 1 aliphatic heterocycles. The maximum atomic E-state index is 14.7. The Morgan fingerprint density at radius 2 is 2.00 bits per heavy atom. The second-order valence-corrected chi connectivity index (χ2v) is 11.3. The lowest BCUT2D eigenvalue weighted by atomic mass is 9.94. The van der Waals surface area contributed by atoms with Gasteiger partial charge in [-0.25, -0.2) is 9.07 Å². The largest absolute Gasteiger partial charge is 0.377 e. The number of carbonyl (C=O) groups is 3. The van der Waals surface area contributed by atoms with Gasteiger partial charge >= 0.3 is 0 Å². The number of hydrogen-bond donors (Lipinski definition) is 2. The number of halogens is 2. The van der Waals surface area contributed by atoms with Gasteiger partial charge in [0.05, 0.1) is 28.1 Å². The molecule has 0 saturated heterocycles. The molecule has 228 valence electrons. The smallest absolute Gasteiger partial charge is 0.274 e. The minimum atomic E-state index is -0.662. The Morgan fingerprint density at radius 3 is 2.80 bits per heavy atom. The van der Waals surface area contributed by atoms with Crippen LogP contribution in [0.25, 0.3) is 16.9 Å². The van der Waals surface area contributed by atoms with Gasteiger partial charge in [0.2, 0.25) is 5.91 Å². The molecule has 3 heterocycles. The van der Waals surface area contributed by atoms with Gasteiger partial charge in [-0.15, -0.1) is 5.10 Å². The fraction of sp³-hybridized carbons (Fsp3) is 0.312. The number of carbonyl (C=O) groups excluding carboxylic acids is 3. The number of amides is 2. The van der Waals surface area contributed by atoms with E-state index < -0.39 is 17.8 Å². The molecule has 0 spiro atoms. The summed E-state index contributed by atoms with van der Waals surface area (Å²) in [7, 11) is 1.47. The number of hydrogen-bond acceptors (Lipinski definition) is 7. The number of nitrogens with one attached hydrogen (secondary N) is 2. The highest BCUT2D eigenvalue weighted by atomic mass is 35.5. The average molecular weight is 619 g/mol. The van der Waals surface area contributed by atoms with Crippen molar-refractivity contribution in [3.63, 3.8) is 0 Å². The van der Waals surface area contributed by atoms with E-state index in [1.165, 1.54) is 23.9 Å². The number of benzene rings is 2. The van der Waals surface area contributed by atoms with Crippen molar-refractivity contribution in [3.8, 4) is 16.9 Å². The zero-order valence-corrected chi connectivity index (χ0v) is 25.3. The molecule has 2 amide bonds. The third kappa shape index (κ3) is 6.68. The monoisotopic (exact) mass is 618 g/mol. The normalized spacial score (nSPS) is 16.7. The summed E-state index contributed by atoms with van der Waals surface area (Å²) in [5.74, 6) is -1.66. The molecule has 2 aromatic heterocycles. The molecule has 0 unspecified atom stereocenters. The highest BCUT2D eigenvalue weighted by Crippen LogP contribution is 2.32. The van der Waals surface area contributed by atoms with Gasteiger partial charge in [-0.1, -0.05) is 48.4 Å². The van der Waals surface area contributed by atoms with Crippen molar-refractivity contribution < 1.29 is 23.5 Å². The minimum absolute atomic E-state index is 0.00448. The van der Waals surface area contributed by atoms with Gasteiger partial charge in [0.15, 0.2) is 17.3 Å². The summed E-state index contributed by atoms with van der Waals surface area (Å²) in [6, 6.07) is 13.3. The predicted molar refractivity (Wildman–Crippen MR) is 163 cm³/mol. The lowest BCUT2D eigenvalue weighted by Gasteiger charge is -2.22. The van der Waals surface area contributed by atoms with Crippen LogP contribution in [0.3, 0.4) is 0 Å². The number of aromatic nitrogens is 4. The van der Waals surface area contributed by atoms with Crippen LogP contribution in [0.15, 0.2) is 54.7 Å². The molecule has 0 radical (unpaired) electrons. The molecule has 5 rings (SSSR count). The van der Waals surface area contributed by atoms with Crippen LogP contribution in [0.2, 0.25) is 5.02 Å². The van der Waals surface area contributed by atoms with Crippen molar-refractivity contribution in [2.24, 2.45) is 5.92 Å². The van der Waals surface area contributed by atoms with Crippen molar-refractivity contribution in [1.82, 2.24) is 25.3 Å². The highest BCUT2D eigenvalue weighted by molar-refractivity contribution is 6.30. The predicted octanol–water partition coefficient (Wildman–Crippen LogP) is 5.42. The first-order valence-electron chi connectivity index (χ1n) is 14.2. The van der Waals surface area contributed by atoms with Crippen LogP contribution >= 0.6 is 11.6 Å². The molecule has 44 heavy (non-hydrogen) atoms. The van der Waals surface area contributed by atoms with E-state index >= 15 is 0 Å². The standard InChI is InChI=1S/C32H32ClFN6O4/c1-18-6-4-8-25(36-32(43)30-19(2)40(39-38-30)28-9-5-7-24(33)29(28)34)21-12-13-35-26(16-21)23-11-10-20(14-22(41)17-44-3)15-27(23)37-31(18)42/h5,7,9-13,15-16,18,25H,4,6,8,14,17H2,1-3H3,(H,36,43)(H,37,42)/t18-,25-/m0/s1. The average Bonchev–Trinajstić information content (AvgIpc) is 3.38. The van der Waals surface area contributed by atoms with Crippen molar-refractivity contribution in [2.45, 2.75) is 45.6 Å². The Bertz CT molecular complexity index is 1720. The number of anilines is 1. The van der Waals surface area contributed by atoms with Crippen LogP contribution in [0.4, 0.5) is 10.1 Å². The Kier molecular flexibility index (Phi) is 9.46. The number of pyridine rings is 1. The van der Waals surface area contributed by atoms with Crippen LogP contribution in [0, 0.1) is 18.7 Å². The molecule has 12 heteroatoms. The molecule has 2 atom stereocenters. The molecule has 4 aromatic rings. The third-order valence-electron chi connectivity index (χ3n) is 7.66. The van der Waals surface area contributed by atoms with Gasteiger partial charge < -0.3 is 15.4 Å². The van der Waals surface area contributed by atoms with Crippen LogP contribution in [-0.4, -0.2) is 51.3 Å². The topological polar surface area (TPSA) is 128 Å². The SMILES string of the molecule is COCC(=O)Cc1ccc2c(c1)NC(=O)[C@@H](C)CCC[C@H](NC(=O)c1nnn(-c3cccc(Cl)c3F)c1C)c1ccnc-2c1. The number of Topliss-reactive ketones (excluding diaryl/α,β-unsaturated/α-hetero) is 1. The van der Waals surface area contributed by atoms with E-state index in [1.54, 1.807) is 25.3 Å². The van der Waals surface area contributed by atoms with E-state index in [9.17, 15) is 18.8 Å². The summed E-state index contributed by atoms with van der Waals surface area (Å²) in [5.41, 5.74) is 3.89. The van der Waals surface area contributed by atoms with Gasteiger partial charge in [0.25, 0.3) is 5.91 Å². The summed E-state index contributed by atoms with van der Waals surface area (Å²) in [5, 5.41) is 14.1. The molecule has 2 N–H and O–H groups in total. The zero-order valence-electron chi connectivity index (χ0n) is 24.6. The quantitative estimate of drug-likeness (QED) is 0.283. The Morgan fingerprint density at radius 1 is 1.18 bits per heavy atom. The van der Waals surface area contributed by atoms with Gasteiger partial charge in [-0.3, -0.25) is 19.4 Å². The zero-order chi connectivity index (χ0) is 31.4. The van der Waals surface area contributed by atoms with E-state index in [0.717, 1.165) is 11.1 Å². The van der Waals surface area contributed by atoms with E-state index in [2.05, 4.69) is 25.9 Å². The molecule has 10 nitrogen and oxygen atoms in total. The number of fused-ring (bicyclic) bond motifs is 4. The first kappa shape index (κ1) is 31.0. The van der Waals surface area contributed by atoms with Crippen molar-refractivity contribution >= 4 is 34.9 Å². The Hall–Kier alpha value is -4.48. The first-order valence-corrected chi connectivity index (χ1v) is 14.6. The second kappa shape index (κ2) is 13.4. The van der Waals surface area contributed by atoms with Crippen molar-refractivity contribution in [2.75, 3.05) is 19.0 Å². The van der Waals surface area contributed by atoms with E-state index in [0.29, 0.717) is 41.9 Å². The van der Waals surface area contributed by atoms with E-state index in [-0.39, 0.29) is 47.0 Å². The van der Waals surface area contributed by atoms with Crippen LogP contribution in [0.5, 0.6) is 0 Å². The highest BCUT2D eigenvalue weighted by Gasteiger charge is 2.25. The Labute approximate surface area is 259 Å². The molecular weight excluding hydrogens is 587 g/mol. The molecule has 0 saturated carbocycles. The number of nitrogens with zero attached hydrogens (tertiary/aromatic N) is 4. The lowest BCUT2D eigenvalue weighted by Crippen LogP contribution is -2.30. The molecule has 0 aliphatic carbocycles.